The van der Waals surface area contributed by atoms with Crippen molar-refractivity contribution >= 4 is 23.6 Å². The fourth-order valence-corrected chi connectivity index (χ4v) is 6.83. The minimum absolute atomic E-state index is 0.218. The van der Waals surface area contributed by atoms with Gasteiger partial charge in [-0.15, -0.1) is 0 Å². The van der Waals surface area contributed by atoms with E-state index in [-0.39, 0.29) is 5.41 Å². The summed E-state index contributed by atoms with van der Waals surface area (Å²) in [5, 5.41) is 5.97. The number of allylic oxidation sites excluding steroid dienone is 4. The third kappa shape index (κ3) is 4.83. The highest BCUT2D eigenvalue weighted by molar-refractivity contribution is 6.19. The number of H-pyrrole nitrogens is 1. The van der Waals surface area contributed by atoms with Gasteiger partial charge in [0, 0.05) is 57.5 Å². The second-order valence-electron chi connectivity index (χ2n) is 13.0. The molecule has 2 N–H and O–H groups in total. The first-order chi connectivity index (χ1) is 21.7. The molecule has 4 aliphatic rings. The highest BCUT2D eigenvalue weighted by Crippen LogP contribution is 2.50. The third-order valence-corrected chi connectivity index (χ3v) is 8.99. The van der Waals surface area contributed by atoms with Crippen molar-refractivity contribution in [2.45, 2.75) is 45.2 Å². The molecular formula is C37H34N8. The van der Waals surface area contributed by atoms with Crippen LogP contribution >= 0.6 is 0 Å². The van der Waals surface area contributed by atoms with Crippen LogP contribution in [0.3, 0.4) is 0 Å². The van der Waals surface area contributed by atoms with E-state index in [2.05, 4.69) is 119 Å². The Balaban J connectivity index is 1.36. The molecule has 8 heteroatoms. The molecular weight excluding hydrogens is 556 g/mol. The van der Waals surface area contributed by atoms with Gasteiger partial charge in [0.05, 0.1) is 34.7 Å². The smallest absolute Gasteiger partial charge is 0.143 e. The summed E-state index contributed by atoms with van der Waals surface area (Å²) >= 11 is 0. The van der Waals surface area contributed by atoms with Crippen molar-refractivity contribution in [2.24, 2.45) is 15.4 Å². The summed E-state index contributed by atoms with van der Waals surface area (Å²) in [6.07, 6.45) is 25.6. The van der Waals surface area contributed by atoms with Crippen LogP contribution in [-0.2, 0) is 11.1 Å². The zero-order valence-corrected chi connectivity index (χ0v) is 25.8. The predicted octanol–water partition coefficient (Wildman–Crippen LogP) is 4.78. The third-order valence-electron chi connectivity index (χ3n) is 8.99. The number of hydrogen-bond donors (Lipinski definition) is 2. The van der Waals surface area contributed by atoms with Gasteiger partial charge in [0.2, 0.25) is 0 Å². The molecule has 45 heavy (non-hydrogen) atoms. The number of rotatable bonds is 3. The molecule has 0 radical (unpaired) electrons. The Morgan fingerprint density at radius 1 is 0.822 bits per heavy atom. The lowest BCUT2D eigenvalue weighted by molar-refractivity contribution is 0.394. The van der Waals surface area contributed by atoms with Gasteiger partial charge in [0.1, 0.15) is 5.54 Å². The lowest BCUT2D eigenvalue weighted by atomic mass is 9.77. The van der Waals surface area contributed by atoms with Crippen LogP contribution in [0.15, 0.2) is 119 Å². The number of imidazole rings is 1. The summed E-state index contributed by atoms with van der Waals surface area (Å²) in [4.78, 5) is 27.7. The monoisotopic (exact) mass is 590 g/mol. The van der Waals surface area contributed by atoms with Crippen LogP contribution < -0.4 is 16.0 Å². The molecule has 0 spiro atoms. The second kappa shape index (κ2) is 9.82. The Bertz CT molecular complexity index is 2180. The molecule has 8 nitrogen and oxygen atoms in total. The number of aromatic nitrogens is 5. The van der Waals surface area contributed by atoms with Gasteiger partial charge in [-0.25, -0.2) is 9.98 Å². The summed E-state index contributed by atoms with van der Waals surface area (Å²) in [7, 11) is 0. The van der Waals surface area contributed by atoms with E-state index in [1.807, 2.05) is 43.2 Å². The van der Waals surface area contributed by atoms with E-state index in [0.29, 0.717) is 0 Å². The molecule has 4 aromatic rings. The summed E-state index contributed by atoms with van der Waals surface area (Å²) in [6.45, 7) is 8.62. The molecule has 4 aliphatic heterocycles. The van der Waals surface area contributed by atoms with Crippen LogP contribution in [0.1, 0.15) is 42.9 Å². The SMILES string of the molecule is Cc1cc(-n2cnc(C34C=CC(=N3)C=c3ccc([nH]3)=CC3=NC(=CC5(c6ccnc(C)c6)CC(C)(C)C(=C4)N5)C=C3)c2)ccn1. The number of aliphatic imine (C=N–C) groups is 2. The van der Waals surface area contributed by atoms with E-state index in [9.17, 15) is 0 Å². The first-order valence-electron chi connectivity index (χ1n) is 15.3. The maximum Gasteiger partial charge on any atom is 0.143 e. The van der Waals surface area contributed by atoms with Gasteiger partial charge in [-0.3, -0.25) is 15.0 Å². The molecule has 222 valence electrons. The number of nitrogens with zero attached hydrogens (tertiary/aromatic N) is 6. The van der Waals surface area contributed by atoms with Crippen LogP contribution in [0.2, 0.25) is 0 Å². The molecule has 8 rings (SSSR count). The lowest BCUT2D eigenvalue weighted by Crippen LogP contribution is -2.35. The lowest BCUT2D eigenvalue weighted by Gasteiger charge is -2.28. The van der Waals surface area contributed by atoms with Gasteiger partial charge in [0.25, 0.3) is 0 Å². The van der Waals surface area contributed by atoms with Crippen molar-refractivity contribution in [3.63, 3.8) is 0 Å². The van der Waals surface area contributed by atoms with E-state index in [4.69, 9.17) is 15.0 Å². The Morgan fingerprint density at radius 2 is 1.60 bits per heavy atom. The summed E-state index contributed by atoms with van der Waals surface area (Å²) < 4.78 is 2.04. The molecule has 1 fully saturated rings. The number of hydrogen-bond acceptors (Lipinski definition) is 6. The molecule has 0 aliphatic carbocycles. The van der Waals surface area contributed by atoms with Crippen molar-refractivity contribution in [3.05, 3.63) is 143 Å². The summed E-state index contributed by atoms with van der Waals surface area (Å²) in [5.41, 5.74) is 7.20. The normalized spacial score (nSPS) is 24.3. The highest BCUT2D eigenvalue weighted by Gasteiger charge is 2.48. The van der Waals surface area contributed by atoms with E-state index in [1.54, 1.807) is 0 Å². The molecule has 4 aromatic heterocycles. The van der Waals surface area contributed by atoms with E-state index in [0.717, 1.165) is 68.3 Å². The second-order valence-corrected chi connectivity index (χ2v) is 13.0. The van der Waals surface area contributed by atoms with Gasteiger partial charge >= 0.3 is 0 Å². The maximum absolute atomic E-state index is 5.36. The number of pyridine rings is 2. The maximum atomic E-state index is 5.36. The molecule has 0 aromatic carbocycles. The average molecular weight is 591 g/mol. The standard InChI is InChI=1S/C37H34N8/c1-24-15-26(10-13-38-24)37-19-31-8-7-28(42-31)17-27-5-6-29(41-27)18-30-9-12-36(43-30,20-33(44-37)35(3,4)22-37)34-21-45(23-40-34)32-11-14-39-25(2)16-32/h5-21,23,41,44H,22H2,1-4H3. The molecule has 8 heterocycles. The molecule has 0 amide bonds. The Hall–Kier alpha value is -5.37. The van der Waals surface area contributed by atoms with Crippen LogP contribution in [-0.4, -0.2) is 35.9 Å². The van der Waals surface area contributed by atoms with E-state index < -0.39 is 11.1 Å². The van der Waals surface area contributed by atoms with Crippen molar-refractivity contribution in [1.82, 2.24) is 29.8 Å². The number of nitrogens with one attached hydrogen (secondary N) is 2. The van der Waals surface area contributed by atoms with Gasteiger partial charge < -0.3 is 14.9 Å². The fourth-order valence-electron chi connectivity index (χ4n) is 6.83. The molecule has 8 bridgehead atoms. The number of aryl methyl sites for hydroxylation is 2. The Labute approximate surface area is 261 Å². The molecule has 0 saturated carbocycles. The predicted molar refractivity (Wildman–Crippen MR) is 178 cm³/mol. The first-order valence-corrected chi connectivity index (χ1v) is 15.3. The van der Waals surface area contributed by atoms with Crippen molar-refractivity contribution in [1.29, 1.82) is 0 Å². The zero-order chi connectivity index (χ0) is 30.8. The van der Waals surface area contributed by atoms with Crippen molar-refractivity contribution in [3.8, 4) is 5.69 Å². The van der Waals surface area contributed by atoms with E-state index >= 15 is 0 Å². The minimum Gasteiger partial charge on any atom is -0.375 e. The topological polar surface area (TPSA) is 96.1 Å². The van der Waals surface area contributed by atoms with Gasteiger partial charge in [-0.05, 0) is 111 Å². The average Bonchev–Trinajstić information content (AvgIpc) is 3.83. The summed E-state index contributed by atoms with van der Waals surface area (Å²) in [5.74, 6) is 0. The Morgan fingerprint density at radius 3 is 2.40 bits per heavy atom. The van der Waals surface area contributed by atoms with Crippen LogP contribution in [0, 0.1) is 19.3 Å². The molecule has 1 saturated heterocycles. The minimum atomic E-state index is -0.812. The first kappa shape index (κ1) is 27.2. The number of aromatic amines is 1. The zero-order valence-electron chi connectivity index (χ0n) is 25.8. The van der Waals surface area contributed by atoms with Gasteiger partial charge in [-0.1, -0.05) is 13.8 Å². The highest BCUT2D eigenvalue weighted by atomic mass is 15.1. The number of fused-ring (bicyclic) bond motifs is 6. The molecule has 2 unspecified atom stereocenters. The Kier molecular flexibility index (Phi) is 5.94. The largest absolute Gasteiger partial charge is 0.375 e. The fraction of sp³-hybridized carbons (Fsp3) is 0.216. The van der Waals surface area contributed by atoms with Crippen LogP contribution in [0.25, 0.3) is 17.8 Å². The quantitative estimate of drug-likeness (QED) is 0.359. The van der Waals surface area contributed by atoms with Crippen LogP contribution in [0.4, 0.5) is 0 Å². The van der Waals surface area contributed by atoms with Gasteiger partial charge in [-0.2, -0.15) is 0 Å². The van der Waals surface area contributed by atoms with Crippen LogP contribution in [0.5, 0.6) is 0 Å². The molecule has 2 atom stereocenters. The van der Waals surface area contributed by atoms with Gasteiger partial charge in [0.15, 0.2) is 0 Å². The summed E-state index contributed by atoms with van der Waals surface area (Å²) in [6, 6.07) is 12.5. The van der Waals surface area contributed by atoms with Crippen molar-refractivity contribution in [2.75, 3.05) is 0 Å². The van der Waals surface area contributed by atoms with Crippen molar-refractivity contribution < 1.29 is 0 Å². The van der Waals surface area contributed by atoms with E-state index in [1.165, 1.54) is 0 Å².